The second-order valence-electron chi connectivity index (χ2n) is 3.56. The van der Waals surface area contributed by atoms with Gasteiger partial charge in [0.25, 0.3) is 0 Å². The van der Waals surface area contributed by atoms with Crippen molar-refractivity contribution >= 4 is 17.3 Å². The maximum atomic E-state index is 12.2. The predicted octanol–water partition coefficient (Wildman–Crippen LogP) is 3.13. The minimum Gasteiger partial charge on any atom is -0.365 e. The van der Waals surface area contributed by atoms with Gasteiger partial charge in [-0.3, -0.25) is 4.98 Å². The molecule has 0 unspecified atom stereocenters. The van der Waals surface area contributed by atoms with Gasteiger partial charge >= 0.3 is 6.18 Å². The third kappa shape index (κ3) is 3.56. The Hall–Kier alpha value is -0.970. The van der Waals surface area contributed by atoms with Crippen molar-refractivity contribution in [2.24, 2.45) is 0 Å². The molecule has 90 valence electrons. The van der Waals surface area contributed by atoms with Gasteiger partial charge in [-0.25, -0.2) is 0 Å². The predicted molar refractivity (Wildman–Crippen MR) is 57.9 cm³/mol. The lowest BCUT2D eigenvalue weighted by molar-refractivity contribution is -0.119. The van der Waals surface area contributed by atoms with Gasteiger partial charge in [-0.2, -0.15) is 13.2 Å². The first-order chi connectivity index (χ1) is 7.33. The summed E-state index contributed by atoms with van der Waals surface area (Å²) >= 11 is 5.65. The molecule has 0 spiro atoms. The van der Waals surface area contributed by atoms with Gasteiger partial charge in [0.1, 0.15) is 6.54 Å². The first-order valence-electron chi connectivity index (χ1n) is 4.63. The number of alkyl halides is 4. The zero-order valence-electron chi connectivity index (χ0n) is 8.98. The fourth-order valence-corrected chi connectivity index (χ4v) is 1.59. The summed E-state index contributed by atoms with van der Waals surface area (Å²) in [5.74, 6) is 0.144. The van der Waals surface area contributed by atoms with Crippen molar-refractivity contribution < 1.29 is 13.2 Å². The van der Waals surface area contributed by atoms with Crippen LogP contribution in [0.15, 0.2) is 12.3 Å². The molecule has 0 aliphatic heterocycles. The average Bonchev–Trinajstić information content (AvgIpc) is 2.15. The maximum Gasteiger partial charge on any atom is 0.405 e. The molecular formula is C10H12ClF3N2. The van der Waals surface area contributed by atoms with Gasteiger partial charge in [-0.05, 0) is 13.0 Å². The van der Waals surface area contributed by atoms with Crippen LogP contribution in [0.2, 0.25) is 0 Å². The van der Waals surface area contributed by atoms with E-state index in [4.69, 9.17) is 11.6 Å². The van der Waals surface area contributed by atoms with E-state index in [0.717, 1.165) is 4.90 Å². The summed E-state index contributed by atoms with van der Waals surface area (Å²) in [5, 5.41) is 0. The Bertz CT molecular complexity index is 366. The van der Waals surface area contributed by atoms with Gasteiger partial charge in [-0.15, -0.1) is 11.6 Å². The molecule has 0 aliphatic carbocycles. The molecule has 0 N–H and O–H groups in total. The number of nitrogens with zero attached hydrogens (tertiary/aromatic N) is 2. The number of anilines is 1. The van der Waals surface area contributed by atoms with Crippen LogP contribution in [0.1, 0.15) is 11.3 Å². The van der Waals surface area contributed by atoms with Crippen LogP contribution in [0.5, 0.6) is 0 Å². The molecule has 0 fully saturated rings. The van der Waals surface area contributed by atoms with Crippen LogP contribution in [0, 0.1) is 6.92 Å². The number of aryl methyl sites for hydroxylation is 1. The van der Waals surface area contributed by atoms with Crippen molar-refractivity contribution in [1.29, 1.82) is 0 Å². The summed E-state index contributed by atoms with van der Waals surface area (Å²) < 4.78 is 36.7. The third-order valence-electron chi connectivity index (χ3n) is 2.07. The number of rotatable bonds is 3. The Kier molecular flexibility index (Phi) is 4.02. The molecule has 1 heterocycles. The Morgan fingerprint density at radius 3 is 2.56 bits per heavy atom. The van der Waals surface area contributed by atoms with E-state index in [2.05, 4.69) is 4.98 Å². The average molecular weight is 253 g/mol. The highest BCUT2D eigenvalue weighted by Crippen LogP contribution is 2.25. The van der Waals surface area contributed by atoms with Gasteiger partial charge < -0.3 is 4.90 Å². The van der Waals surface area contributed by atoms with Crippen molar-refractivity contribution in [3.05, 3.63) is 23.5 Å². The van der Waals surface area contributed by atoms with Crippen LogP contribution in [0.4, 0.5) is 18.9 Å². The molecular weight excluding hydrogens is 241 g/mol. The van der Waals surface area contributed by atoms with Crippen LogP contribution >= 0.6 is 11.6 Å². The van der Waals surface area contributed by atoms with Gasteiger partial charge in [-0.1, -0.05) is 0 Å². The van der Waals surface area contributed by atoms with E-state index in [0.29, 0.717) is 16.9 Å². The molecule has 0 aliphatic rings. The highest BCUT2D eigenvalue weighted by molar-refractivity contribution is 6.17. The van der Waals surface area contributed by atoms with Crippen molar-refractivity contribution in [2.75, 3.05) is 18.5 Å². The minimum absolute atomic E-state index is 0.144. The van der Waals surface area contributed by atoms with E-state index in [9.17, 15) is 13.2 Å². The number of hydrogen-bond acceptors (Lipinski definition) is 2. The van der Waals surface area contributed by atoms with Gasteiger partial charge in [0, 0.05) is 30.2 Å². The highest BCUT2D eigenvalue weighted by atomic mass is 35.5. The topological polar surface area (TPSA) is 16.1 Å². The van der Waals surface area contributed by atoms with Gasteiger partial charge in [0.15, 0.2) is 0 Å². The fraction of sp³-hybridized carbons (Fsp3) is 0.500. The number of hydrogen-bond donors (Lipinski definition) is 0. The van der Waals surface area contributed by atoms with E-state index in [1.807, 2.05) is 0 Å². The molecule has 0 radical (unpaired) electrons. The second-order valence-corrected chi connectivity index (χ2v) is 3.83. The summed E-state index contributed by atoms with van der Waals surface area (Å²) in [6.07, 6.45) is -2.72. The lowest BCUT2D eigenvalue weighted by Gasteiger charge is -2.23. The summed E-state index contributed by atoms with van der Waals surface area (Å²) in [4.78, 5) is 5.13. The number of aromatic nitrogens is 1. The molecule has 0 bridgehead atoms. The van der Waals surface area contributed by atoms with Crippen LogP contribution in [-0.2, 0) is 5.88 Å². The second kappa shape index (κ2) is 4.91. The Morgan fingerprint density at radius 2 is 2.06 bits per heavy atom. The SMILES string of the molecule is Cc1cc(N(C)CC(F)(F)F)c(CCl)cn1. The first kappa shape index (κ1) is 13.1. The van der Waals surface area contributed by atoms with Crippen LogP contribution in [0.3, 0.4) is 0 Å². The maximum absolute atomic E-state index is 12.2. The highest BCUT2D eigenvalue weighted by Gasteiger charge is 2.30. The van der Waals surface area contributed by atoms with Crippen LogP contribution in [-0.4, -0.2) is 24.8 Å². The smallest absolute Gasteiger partial charge is 0.365 e. The summed E-state index contributed by atoms with van der Waals surface area (Å²) in [5.41, 5.74) is 1.73. The summed E-state index contributed by atoms with van der Waals surface area (Å²) in [6.45, 7) is 0.725. The quantitative estimate of drug-likeness (QED) is 0.769. The molecule has 16 heavy (non-hydrogen) atoms. The molecule has 1 aromatic rings. The first-order valence-corrected chi connectivity index (χ1v) is 5.16. The Morgan fingerprint density at radius 1 is 1.44 bits per heavy atom. The van der Waals surface area contributed by atoms with Crippen molar-refractivity contribution in [2.45, 2.75) is 19.0 Å². The standard InChI is InChI=1S/C10H12ClF3N2/c1-7-3-9(8(4-11)5-15-7)16(2)6-10(12,13)14/h3,5H,4,6H2,1-2H3. The monoisotopic (exact) mass is 252 g/mol. The Balaban J connectivity index is 2.97. The number of pyridine rings is 1. The molecule has 0 atom stereocenters. The summed E-state index contributed by atoms with van der Waals surface area (Å²) in [7, 11) is 1.39. The lowest BCUT2D eigenvalue weighted by Crippen LogP contribution is -2.31. The zero-order valence-corrected chi connectivity index (χ0v) is 9.73. The molecule has 0 saturated heterocycles. The molecule has 2 nitrogen and oxygen atoms in total. The molecule has 0 aromatic carbocycles. The normalized spacial score (nSPS) is 11.6. The van der Waals surface area contributed by atoms with Crippen molar-refractivity contribution in [3.63, 3.8) is 0 Å². The van der Waals surface area contributed by atoms with Crippen LogP contribution < -0.4 is 4.90 Å². The van der Waals surface area contributed by atoms with E-state index in [1.54, 1.807) is 13.0 Å². The summed E-state index contributed by atoms with van der Waals surface area (Å²) in [6, 6.07) is 1.60. The number of halogens is 4. The molecule has 1 aromatic heterocycles. The molecule has 1 rings (SSSR count). The van der Waals surface area contributed by atoms with Gasteiger partial charge in [0.05, 0.1) is 5.88 Å². The lowest BCUT2D eigenvalue weighted by atomic mass is 10.2. The molecule has 6 heteroatoms. The van der Waals surface area contributed by atoms with Gasteiger partial charge in [0.2, 0.25) is 0 Å². The Labute approximate surface area is 97.0 Å². The largest absolute Gasteiger partial charge is 0.405 e. The van der Waals surface area contributed by atoms with E-state index in [-0.39, 0.29) is 5.88 Å². The van der Waals surface area contributed by atoms with E-state index < -0.39 is 12.7 Å². The third-order valence-corrected chi connectivity index (χ3v) is 2.36. The van der Waals surface area contributed by atoms with E-state index >= 15 is 0 Å². The molecule has 0 saturated carbocycles. The molecule has 0 amide bonds. The zero-order chi connectivity index (χ0) is 12.3. The minimum atomic E-state index is -4.23. The van der Waals surface area contributed by atoms with Crippen molar-refractivity contribution in [1.82, 2.24) is 4.98 Å². The van der Waals surface area contributed by atoms with Crippen LogP contribution in [0.25, 0.3) is 0 Å². The van der Waals surface area contributed by atoms with Crippen molar-refractivity contribution in [3.8, 4) is 0 Å². The van der Waals surface area contributed by atoms with E-state index in [1.165, 1.54) is 13.2 Å². The fourth-order valence-electron chi connectivity index (χ4n) is 1.39.